The molecule has 2 aromatic carbocycles. The van der Waals surface area contributed by atoms with Crippen LogP contribution in [-0.4, -0.2) is 24.2 Å². The van der Waals surface area contributed by atoms with E-state index < -0.39 is 0 Å². The molecular weight excluding hydrogens is 481 g/mol. The zero-order chi connectivity index (χ0) is 20.6. The van der Waals surface area contributed by atoms with Gasteiger partial charge in [-0.1, -0.05) is 29.8 Å². The number of aromatic nitrogens is 1. The molecule has 3 aromatic rings. The first-order valence-electron chi connectivity index (χ1n) is 8.86. The van der Waals surface area contributed by atoms with Gasteiger partial charge < -0.3 is 9.47 Å². The van der Waals surface area contributed by atoms with Gasteiger partial charge in [-0.2, -0.15) is 5.10 Å². The van der Waals surface area contributed by atoms with Gasteiger partial charge in [0.25, 0.3) is 5.91 Å². The summed E-state index contributed by atoms with van der Waals surface area (Å²) >= 11 is 2.20. The molecule has 6 nitrogen and oxygen atoms in total. The number of carbonyl (C=O) groups excluding carboxylic acids is 1. The summed E-state index contributed by atoms with van der Waals surface area (Å²) in [5, 5.41) is 4.02. The molecule has 1 heterocycles. The monoisotopic (exact) mass is 501 g/mol. The molecule has 7 heteroatoms. The average Bonchev–Trinajstić information content (AvgIpc) is 2.74. The molecule has 0 saturated heterocycles. The van der Waals surface area contributed by atoms with E-state index >= 15 is 0 Å². The normalized spacial score (nSPS) is 10.7. The third kappa shape index (κ3) is 5.77. The molecule has 0 aliphatic carbocycles. The Morgan fingerprint density at radius 1 is 1.17 bits per heavy atom. The molecule has 0 aliphatic heterocycles. The molecule has 148 valence electrons. The van der Waals surface area contributed by atoms with Gasteiger partial charge >= 0.3 is 0 Å². The van der Waals surface area contributed by atoms with Crippen LogP contribution in [0, 0.1) is 10.5 Å². The summed E-state index contributed by atoms with van der Waals surface area (Å²) in [5.41, 5.74) is 6.06. The predicted molar refractivity (Wildman–Crippen MR) is 121 cm³/mol. The summed E-state index contributed by atoms with van der Waals surface area (Å²) in [6.45, 7) is 2.50. The Hall–Kier alpha value is -2.94. The Kier molecular flexibility index (Phi) is 7.18. The zero-order valence-electron chi connectivity index (χ0n) is 16.1. The van der Waals surface area contributed by atoms with Crippen LogP contribution in [0.1, 0.15) is 27.0 Å². The van der Waals surface area contributed by atoms with E-state index in [9.17, 15) is 4.79 Å². The lowest BCUT2D eigenvalue weighted by atomic mass is 10.2. The smallest absolute Gasteiger partial charge is 0.271 e. The van der Waals surface area contributed by atoms with Gasteiger partial charge in [0.2, 0.25) is 0 Å². The van der Waals surface area contributed by atoms with Crippen LogP contribution in [0.4, 0.5) is 0 Å². The maximum atomic E-state index is 12.0. The van der Waals surface area contributed by atoms with Crippen LogP contribution in [0.15, 0.2) is 66.0 Å². The quantitative estimate of drug-likeness (QED) is 0.297. The van der Waals surface area contributed by atoms with Crippen molar-refractivity contribution in [1.82, 2.24) is 10.4 Å². The Balaban J connectivity index is 1.68. The largest absolute Gasteiger partial charge is 0.493 e. The molecule has 0 bridgehead atoms. The fraction of sp³-hybridized carbons (Fsp3) is 0.136. The van der Waals surface area contributed by atoms with Gasteiger partial charge in [-0.05, 0) is 64.9 Å². The van der Waals surface area contributed by atoms with Crippen molar-refractivity contribution in [2.45, 2.75) is 13.5 Å². The van der Waals surface area contributed by atoms with E-state index in [4.69, 9.17) is 9.47 Å². The molecule has 0 aliphatic rings. The van der Waals surface area contributed by atoms with Crippen molar-refractivity contribution in [2.75, 3.05) is 7.11 Å². The van der Waals surface area contributed by atoms with Gasteiger partial charge in [0.05, 0.1) is 16.9 Å². The number of hydrazone groups is 1. The number of aryl methyl sites for hydroxylation is 1. The molecule has 0 atom stereocenters. The SMILES string of the molecule is COc1cc(/C=N/NC(=O)c2ccncc2)cc(I)c1OCc1ccc(C)cc1. The van der Waals surface area contributed by atoms with Gasteiger partial charge in [0.15, 0.2) is 11.5 Å². The second-order valence-corrected chi connectivity index (χ2v) is 7.41. The number of nitrogens with one attached hydrogen (secondary N) is 1. The van der Waals surface area contributed by atoms with E-state index in [1.165, 1.54) is 5.56 Å². The minimum Gasteiger partial charge on any atom is -0.493 e. The molecule has 0 unspecified atom stereocenters. The fourth-order valence-corrected chi connectivity index (χ4v) is 3.31. The fourth-order valence-electron chi connectivity index (χ4n) is 2.53. The lowest BCUT2D eigenvalue weighted by molar-refractivity contribution is 0.0955. The second kappa shape index (κ2) is 10.0. The first-order chi connectivity index (χ1) is 14.1. The van der Waals surface area contributed by atoms with Gasteiger partial charge in [0, 0.05) is 18.0 Å². The first-order valence-corrected chi connectivity index (χ1v) is 9.94. The summed E-state index contributed by atoms with van der Waals surface area (Å²) in [6, 6.07) is 15.2. The van der Waals surface area contributed by atoms with Gasteiger partial charge in [-0.3, -0.25) is 9.78 Å². The molecule has 29 heavy (non-hydrogen) atoms. The molecule has 1 N–H and O–H groups in total. The Labute approximate surface area is 183 Å². The number of hydrogen-bond acceptors (Lipinski definition) is 5. The standard InChI is InChI=1S/C22H20IN3O3/c1-15-3-5-16(6-4-15)14-29-21-19(23)11-17(12-20(21)28-2)13-25-26-22(27)18-7-9-24-10-8-18/h3-13H,14H2,1-2H3,(H,26,27)/b25-13+. The number of benzene rings is 2. The number of amides is 1. The van der Waals surface area contributed by atoms with Crippen molar-refractivity contribution < 1.29 is 14.3 Å². The highest BCUT2D eigenvalue weighted by Gasteiger charge is 2.12. The number of hydrogen-bond donors (Lipinski definition) is 1. The summed E-state index contributed by atoms with van der Waals surface area (Å²) in [5.74, 6) is 0.973. The van der Waals surface area contributed by atoms with Crippen molar-refractivity contribution in [1.29, 1.82) is 0 Å². The maximum Gasteiger partial charge on any atom is 0.271 e. The molecule has 0 saturated carbocycles. The van der Waals surface area contributed by atoms with Crippen LogP contribution < -0.4 is 14.9 Å². The highest BCUT2D eigenvalue weighted by molar-refractivity contribution is 14.1. The molecule has 1 aromatic heterocycles. The predicted octanol–water partition coefficient (Wildman–Crippen LogP) is 4.35. The van der Waals surface area contributed by atoms with E-state index in [0.717, 1.165) is 14.7 Å². The van der Waals surface area contributed by atoms with E-state index in [-0.39, 0.29) is 5.91 Å². The number of pyridine rings is 1. The van der Waals surface area contributed by atoms with Crippen molar-refractivity contribution in [3.63, 3.8) is 0 Å². The third-order valence-electron chi connectivity index (χ3n) is 4.08. The van der Waals surface area contributed by atoms with Gasteiger partial charge in [-0.25, -0.2) is 5.43 Å². The van der Waals surface area contributed by atoms with E-state index in [1.807, 2.05) is 24.3 Å². The number of nitrogens with zero attached hydrogens (tertiary/aromatic N) is 2. The highest BCUT2D eigenvalue weighted by Crippen LogP contribution is 2.34. The topological polar surface area (TPSA) is 72.8 Å². The molecule has 1 amide bonds. The van der Waals surface area contributed by atoms with Crippen LogP contribution in [0.3, 0.4) is 0 Å². The minimum absolute atomic E-state index is 0.302. The summed E-state index contributed by atoms with van der Waals surface area (Å²) < 4.78 is 12.4. The number of halogens is 1. The lowest BCUT2D eigenvalue weighted by Crippen LogP contribution is -2.17. The molecular formula is C22H20IN3O3. The lowest BCUT2D eigenvalue weighted by Gasteiger charge is -2.13. The summed E-state index contributed by atoms with van der Waals surface area (Å²) in [7, 11) is 1.59. The van der Waals surface area contributed by atoms with Crippen molar-refractivity contribution in [2.24, 2.45) is 5.10 Å². The van der Waals surface area contributed by atoms with Crippen LogP contribution in [0.5, 0.6) is 11.5 Å². The summed E-state index contributed by atoms with van der Waals surface area (Å²) in [6.07, 6.45) is 4.68. The molecule has 0 spiro atoms. The third-order valence-corrected chi connectivity index (χ3v) is 4.88. The van der Waals surface area contributed by atoms with Crippen molar-refractivity contribution in [3.05, 3.63) is 86.7 Å². The zero-order valence-corrected chi connectivity index (χ0v) is 18.2. The second-order valence-electron chi connectivity index (χ2n) is 6.24. The average molecular weight is 501 g/mol. The van der Waals surface area contributed by atoms with Gasteiger partial charge in [0.1, 0.15) is 6.61 Å². The minimum atomic E-state index is -0.302. The number of carbonyl (C=O) groups is 1. The Morgan fingerprint density at radius 2 is 1.90 bits per heavy atom. The van der Waals surface area contributed by atoms with E-state index in [2.05, 4.69) is 57.2 Å². The van der Waals surface area contributed by atoms with Crippen molar-refractivity contribution >= 4 is 34.7 Å². The Morgan fingerprint density at radius 3 is 2.59 bits per heavy atom. The maximum absolute atomic E-state index is 12.0. The summed E-state index contributed by atoms with van der Waals surface area (Å²) in [4.78, 5) is 15.9. The number of rotatable bonds is 7. The number of methoxy groups -OCH3 is 1. The van der Waals surface area contributed by atoms with Crippen LogP contribution >= 0.6 is 22.6 Å². The van der Waals surface area contributed by atoms with E-state index in [0.29, 0.717) is 23.7 Å². The molecule has 0 fully saturated rings. The molecule has 3 rings (SSSR count). The van der Waals surface area contributed by atoms with E-state index in [1.54, 1.807) is 37.9 Å². The highest BCUT2D eigenvalue weighted by atomic mass is 127. The first kappa shape index (κ1) is 20.8. The van der Waals surface area contributed by atoms with Gasteiger partial charge in [-0.15, -0.1) is 0 Å². The molecule has 0 radical (unpaired) electrons. The van der Waals surface area contributed by atoms with Crippen LogP contribution in [0.2, 0.25) is 0 Å². The van der Waals surface area contributed by atoms with Crippen LogP contribution in [-0.2, 0) is 6.61 Å². The number of ether oxygens (including phenoxy) is 2. The Bertz CT molecular complexity index is 1010. The van der Waals surface area contributed by atoms with Crippen LogP contribution in [0.25, 0.3) is 0 Å². The van der Waals surface area contributed by atoms with Crippen molar-refractivity contribution in [3.8, 4) is 11.5 Å².